The van der Waals surface area contributed by atoms with E-state index >= 15 is 0 Å². The Bertz CT molecular complexity index is 199. The fourth-order valence-electron chi connectivity index (χ4n) is 1.41. The molecule has 0 saturated carbocycles. The van der Waals surface area contributed by atoms with Gasteiger partial charge in [0.1, 0.15) is 5.78 Å². The van der Waals surface area contributed by atoms with Crippen molar-refractivity contribution in [2.75, 3.05) is 6.54 Å². The van der Waals surface area contributed by atoms with Crippen molar-refractivity contribution in [3.8, 4) is 0 Å². The first-order chi connectivity index (χ1) is 5.54. The third-order valence-electron chi connectivity index (χ3n) is 2.48. The zero-order chi connectivity index (χ0) is 9.30. The van der Waals surface area contributed by atoms with E-state index in [1.165, 1.54) is 6.92 Å². The van der Waals surface area contributed by atoms with Gasteiger partial charge in [0.15, 0.2) is 0 Å². The lowest BCUT2D eigenvalue weighted by molar-refractivity contribution is -0.134. The quantitative estimate of drug-likeness (QED) is 0.622. The predicted molar refractivity (Wildman–Crippen MR) is 44.4 cm³/mol. The summed E-state index contributed by atoms with van der Waals surface area (Å²) in [6.07, 6.45) is 0.785. The summed E-state index contributed by atoms with van der Waals surface area (Å²) in [5, 5.41) is 0. The number of rotatable bonds is 3. The zero-order valence-corrected chi connectivity index (χ0v) is 7.41. The molecule has 1 amide bonds. The Morgan fingerprint density at radius 2 is 2.17 bits per heavy atom. The second-order valence-electron chi connectivity index (χ2n) is 3.23. The lowest BCUT2D eigenvalue weighted by atomic mass is 9.98. The van der Waals surface area contributed by atoms with E-state index in [0.717, 1.165) is 13.0 Å². The van der Waals surface area contributed by atoms with Gasteiger partial charge in [-0.15, -0.1) is 0 Å². The number of primary amides is 1. The average molecular weight is 170 g/mol. The smallest absolute Gasteiger partial charge is 0.234 e. The minimum absolute atomic E-state index is 0.0842. The van der Waals surface area contributed by atoms with Crippen LogP contribution in [0.15, 0.2) is 0 Å². The first-order valence-electron chi connectivity index (χ1n) is 4.09. The lowest BCUT2D eigenvalue weighted by Gasteiger charge is -2.41. The predicted octanol–water partition coefficient (Wildman–Crippen LogP) is -0.476. The van der Waals surface area contributed by atoms with E-state index in [9.17, 15) is 9.59 Å². The Hall–Kier alpha value is -0.900. The normalized spacial score (nSPS) is 26.0. The molecule has 2 atom stereocenters. The number of nitrogens with zero attached hydrogens (tertiary/aromatic N) is 1. The highest BCUT2D eigenvalue weighted by atomic mass is 16.2. The third-order valence-corrected chi connectivity index (χ3v) is 2.48. The van der Waals surface area contributed by atoms with Crippen LogP contribution in [0.5, 0.6) is 0 Å². The van der Waals surface area contributed by atoms with Crippen molar-refractivity contribution in [1.29, 1.82) is 0 Å². The number of likely N-dealkylation sites (tertiary alicyclic amines) is 1. The molecule has 4 nitrogen and oxygen atoms in total. The van der Waals surface area contributed by atoms with Crippen LogP contribution in [0.25, 0.3) is 0 Å². The number of hydrogen-bond acceptors (Lipinski definition) is 3. The molecule has 4 heteroatoms. The van der Waals surface area contributed by atoms with E-state index < -0.39 is 0 Å². The minimum atomic E-state index is -0.325. The lowest BCUT2D eigenvalue weighted by Crippen LogP contribution is -2.59. The second-order valence-corrected chi connectivity index (χ2v) is 3.23. The molecule has 2 N–H and O–H groups in total. The first kappa shape index (κ1) is 9.19. The van der Waals surface area contributed by atoms with Gasteiger partial charge in [0.25, 0.3) is 0 Å². The van der Waals surface area contributed by atoms with Crippen molar-refractivity contribution in [3.63, 3.8) is 0 Å². The van der Waals surface area contributed by atoms with Gasteiger partial charge in [0.2, 0.25) is 5.91 Å². The summed E-state index contributed by atoms with van der Waals surface area (Å²) in [5.41, 5.74) is 5.13. The van der Waals surface area contributed by atoms with Crippen molar-refractivity contribution in [2.45, 2.75) is 32.4 Å². The largest absolute Gasteiger partial charge is 0.368 e. The molecule has 1 aliphatic rings. The van der Waals surface area contributed by atoms with Crippen molar-refractivity contribution < 1.29 is 9.59 Å². The number of hydrogen-bond donors (Lipinski definition) is 1. The third kappa shape index (κ3) is 1.48. The second kappa shape index (κ2) is 3.23. The van der Waals surface area contributed by atoms with Gasteiger partial charge in [0.05, 0.1) is 12.1 Å². The molecule has 1 heterocycles. The number of Topliss-reactive ketones (excluding diaryl/α,β-unsaturated/α-hetero) is 1. The fourth-order valence-corrected chi connectivity index (χ4v) is 1.41. The van der Waals surface area contributed by atoms with E-state index in [-0.39, 0.29) is 23.8 Å². The van der Waals surface area contributed by atoms with Gasteiger partial charge >= 0.3 is 0 Å². The summed E-state index contributed by atoms with van der Waals surface area (Å²) < 4.78 is 0. The summed E-state index contributed by atoms with van der Waals surface area (Å²) in [6, 6.07) is -0.389. The fraction of sp³-hybridized carbons (Fsp3) is 0.750. The van der Waals surface area contributed by atoms with Crippen molar-refractivity contribution in [1.82, 2.24) is 4.90 Å². The molecule has 0 aromatic rings. The Balaban J connectivity index is 2.54. The molecule has 1 fully saturated rings. The summed E-state index contributed by atoms with van der Waals surface area (Å²) in [7, 11) is 0. The highest BCUT2D eigenvalue weighted by molar-refractivity contribution is 5.84. The molecule has 0 radical (unpaired) electrons. The molecule has 1 rings (SSSR count). The molecule has 0 aromatic heterocycles. The molecule has 68 valence electrons. The summed E-state index contributed by atoms with van der Waals surface area (Å²) in [5.74, 6) is -0.240. The molecule has 1 saturated heterocycles. The monoisotopic (exact) mass is 170 g/mol. The van der Waals surface area contributed by atoms with E-state index in [2.05, 4.69) is 0 Å². The number of amides is 1. The Morgan fingerprint density at radius 3 is 2.42 bits per heavy atom. The van der Waals surface area contributed by atoms with Crippen LogP contribution in [0.2, 0.25) is 0 Å². The average Bonchev–Trinajstić information content (AvgIpc) is 1.82. The van der Waals surface area contributed by atoms with E-state index in [0.29, 0.717) is 0 Å². The van der Waals surface area contributed by atoms with Crippen LogP contribution in [0, 0.1) is 0 Å². The van der Waals surface area contributed by atoms with E-state index in [1.807, 2.05) is 4.90 Å². The highest BCUT2D eigenvalue weighted by Gasteiger charge is 2.36. The summed E-state index contributed by atoms with van der Waals surface area (Å²) in [4.78, 5) is 23.6. The van der Waals surface area contributed by atoms with Gasteiger partial charge in [-0.3, -0.25) is 14.5 Å². The van der Waals surface area contributed by atoms with E-state index in [1.54, 1.807) is 6.92 Å². The van der Waals surface area contributed by atoms with Crippen molar-refractivity contribution in [2.24, 2.45) is 5.73 Å². The number of carbonyl (C=O) groups excluding carboxylic acids is 2. The van der Waals surface area contributed by atoms with Crippen LogP contribution in [-0.2, 0) is 9.59 Å². The molecule has 0 aromatic carbocycles. The molecule has 0 aliphatic carbocycles. The molecule has 1 aliphatic heterocycles. The van der Waals surface area contributed by atoms with Crippen LogP contribution >= 0.6 is 0 Å². The van der Waals surface area contributed by atoms with E-state index in [4.69, 9.17) is 5.73 Å². The zero-order valence-electron chi connectivity index (χ0n) is 7.41. The van der Waals surface area contributed by atoms with Gasteiger partial charge < -0.3 is 5.73 Å². The minimum Gasteiger partial charge on any atom is -0.368 e. The number of nitrogens with two attached hydrogens (primary N) is 1. The van der Waals surface area contributed by atoms with Gasteiger partial charge in [0, 0.05) is 6.54 Å². The van der Waals surface area contributed by atoms with Crippen molar-refractivity contribution in [3.05, 3.63) is 0 Å². The molecule has 0 spiro atoms. The van der Waals surface area contributed by atoms with Gasteiger partial charge in [-0.1, -0.05) is 0 Å². The maximum atomic E-state index is 11.0. The SMILES string of the molecule is CC(=O)C(C)N1CCC1C(N)=O. The van der Waals surface area contributed by atoms with Gasteiger partial charge in [-0.25, -0.2) is 0 Å². The van der Waals surface area contributed by atoms with Gasteiger partial charge in [-0.05, 0) is 20.3 Å². The Kier molecular flexibility index (Phi) is 2.47. The standard InChI is InChI=1S/C8H14N2O2/c1-5(6(2)11)10-4-3-7(10)8(9)12/h5,7H,3-4H2,1-2H3,(H2,9,12). The maximum Gasteiger partial charge on any atom is 0.234 e. The topological polar surface area (TPSA) is 63.4 Å². The molecule has 0 bridgehead atoms. The summed E-state index contributed by atoms with van der Waals surface area (Å²) >= 11 is 0. The molecule has 12 heavy (non-hydrogen) atoms. The van der Waals surface area contributed by atoms with Gasteiger partial charge in [-0.2, -0.15) is 0 Å². The highest BCUT2D eigenvalue weighted by Crippen LogP contribution is 2.20. The number of carbonyl (C=O) groups is 2. The maximum absolute atomic E-state index is 11.0. The Labute approximate surface area is 71.7 Å². The van der Waals surface area contributed by atoms with Crippen LogP contribution in [0.3, 0.4) is 0 Å². The Morgan fingerprint density at radius 1 is 1.58 bits per heavy atom. The van der Waals surface area contributed by atoms with Crippen molar-refractivity contribution >= 4 is 11.7 Å². The number of ketones is 1. The summed E-state index contributed by atoms with van der Waals surface area (Å²) in [6.45, 7) is 4.13. The molecule has 2 unspecified atom stereocenters. The van der Waals surface area contributed by atoms with Crippen LogP contribution in [-0.4, -0.2) is 35.2 Å². The van der Waals surface area contributed by atoms with Crippen LogP contribution in [0.4, 0.5) is 0 Å². The van der Waals surface area contributed by atoms with Crippen LogP contribution in [0.1, 0.15) is 20.3 Å². The van der Waals surface area contributed by atoms with Crippen LogP contribution < -0.4 is 5.73 Å². The molecular formula is C8H14N2O2. The molecular weight excluding hydrogens is 156 g/mol. The first-order valence-corrected chi connectivity index (χ1v) is 4.09.